The van der Waals surface area contributed by atoms with Crippen molar-refractivity contribution in [2.24, 2.45) is 0 Å². The molecule has 0 heterocycles. The molecule has 1 aliphatic carbocycles. The van der Waals surface area contributed by atoms with Crippen LogP contribution >= 0.6 is 0 Å². The maximum Gasteiger partial charge on any atom is 0.488 e. The molecule has 0 unspecified atom stereocenters. The first-order valence-corrected chi connectivity index (χ1v) is 10.5. The Morgan fingerprint density at radius 1 is 0.613 bits per heavy atom. The van der Waals surface area contributed by atoms with Crippen LogP contribution in [-0.2, 0) is 5.41 Å². The van der Waals surface area contributed by atoms with Gasteiger partial charge in [0.2, 0.25) is 0 Å². The first-order chi connectivity index (χ1) is 15.0. The topological polar surface area (TPSA) is 43.7 Å². The molecule has 0 amide bonds. The summed E-state index contributed by atoms with van der Waals surface area (Å²) in [6.45, 7) is 4.57. The standard InChI is InChI=1S/C27H24BNO2/c1-27(2)25-11-7-6-10-23(25)24-17-16-22(18-26(24)27)29(20-8-4-3-5-9-20)21-14-12-19(13-15-21)28(30)31/h3-18,30-31H,1-2H3. The van der Waals surface area contributed by atoms with Crippen molar-refractivity contribution in [2.45, 2.75) is 19.3 Å². The predicted molar refractivity (Wildman–Crippen MR) is 129 cm³/mol. The van der Waals surface area contributed by atoms with Gasteiger partial charge in [-0.15, -0.1) is 0 Å². The molecule has 2 N–H and O–H groups in total. The number of benzene rings is 4. The van der Waals surface area contributed by atoms with Gasteiger partial charge in [0.05, 0.1) is 0 Å². The van der Waals surface area contributed by atoms with Gasteiger partial charge >= 0.3 is 7.12 Å². The summed E-state index contributed by atoms with van der Waals surface area (Å²) in [5, 5.41) is 19.0. The summed E-state index contributed by atoms with van der Waals surface area (Å²) in [4.78, 5) is 2.20. The van der Waals surface area contributed by atoms with Gasteiger partial charge < -0.3 is 14.9 Å². The van der Waals surface area contributed by atoms with E-state index in [4.69, 9.17) is 0 Å². The minimum Gasteiger partial charge on any atom is -0.423 e. The number of hydrogen-bond donors (Lipinski definition) is 2. The number of fused-ring (bicyclic) bond motifs is 3. The van der Waals surface area contributed by atoms with Gasteiger partial charge in [-0.3, -0.25) is 0 Å². The summed E-state index contributed by atoms with van der Waals surface area (Å²) in [6.07, 6.45) is 0. The summed E-state index contributed by atoms with van der Waals surface area (Å²) < 4.78 is 0. The van der Waals surface area contributed by atoms with Crippen molar-refractivity contribution in [1.82, 2.24) is 0 Å². The molecule has 5 rings (SSSR count). The summed E-state index contributed by atoms with van der Waals surface area (Å²) >= 11 is 0. The number of para-hydroxylation sites is 1. The Kier molecular flexibility index (Phi) is 4.69. The van der Waals surface area contributed by atoms with Crippen LogP contribution in [0, 0.1) is 0 Å². The highest BCUT2D eigenvalue weighted by molar-refractivity contribution is 6.58. The van der Waals surface area contributed by atoms with Crippen molar-refractivity contribution < 1.29 is 10.0 Å². The molecule has 1 aliphatic rings. The molecule has 0 atom stereocenters. The Bertz CT molecular complexity index is 1230. The lowest BCUT2D eigenvalue weighted by Crippen LogP contribution is -2.29. The zero-order chi connectivity index (χ0) is 21.6. The fourth-order valence-electron chi connectivity index (χ4n) is 4.65. The molecule has 0 saturated heterocycles. The van der Waals surface area contributed by atoms with E-state index < -0.39 is 7.12 Å². The van der Waals surface area contributed by atoms with Crippen LogP contribution in [0.5, 0.6) is 0 Å². The second-order valence-corrected chi connectivity index (χ2v) is 8.54. The third-order valence-corrected chi connectivity index (χ3v) is 6.29. The Hall–Kier alpha value is -3.34. The van der Waals surface area contributed by atoms with E-state index in [2.05, 4.69) is 73.3 Å². The Morgan fingerprint density at radius 3 is 1.90 bits per heavy atom. The normalized spacial score (nSPS) is 13.4. The summed E-state index contributed by atoms with van der Waals surface area (Å²) in [6, 6.07) is 32.9. The van der Waals surface area contributed by atoms with Crippen molar-refractivity contribution in [3.63, 3.8) is 0 Å². The average molecular weight is 405 g/mol. The lowest BCUT2D eigenvalue weighted by Gasteiger charge is -2.28. The van der Waals surface area contributed by atoms with Crippen molar-refractivity contribution >= 4 is 29.6 Å². The maximum atomic E-state index is 9.48. The van der Waals surface area contributed by atoms with E-state index in [1.807, 2.05) is 30.3 Å². The minimum atomic E-state index is -1.47. The van der Waals surface area contributed by atoms with Gasteiger partial charge in [0.25, 0.3) is 0 Å². The fraction of sp³-hybridized carbons (Fsp3) is 0.111. The molecule has 4 aromatic rings. The Labute approximate surface area is 183 Å². The van der Waals surface area contributed by atoms with Crippen molar-refractivity contribution in [3.8, 4) is 11.1 Å². The van der Waals surface area contributed by atoms with Crippen LogP contribution < -0.4 is 10.4 Å². The molecule has 152 valence electrons. The van der Waals surface area contributed by atoms with Crippen LogP contribution in [-0.4, -0.2) is 17.2 Å². The fourth-order valence-corrected chi connectivity index (χ4v) is 4.65. The smallest absolute Gasteiger partial charge is 0.423 e. The average Bonchev–Trinajstić information content (AvgIpc) is 3.02. The van der Waals surface area contributed by atoms with Gasteiger partial charge in [0, 0.05) is 22.5 Å². The highest BCUT2D eigenvalue weighted by Gasteiger charge is 2.35. The summed E-state index contributed by atoms with van der Waals surface area (Å²) in [5.74, 6) is 0. The molecule has 0 aromatic heterocycles. The van der Waals surface area contributed by atoms with E-state index >= 15 is 0 Å². The van der Waals surface area contributed by atoms with Gasteiger partial charge in [-0.1, -0.05) is 74.5 Å². The number of nitrogens with zero attached hydrogens (tertiary/aromatic N) is 1. The molecule has 4 aromatic carbocycles. The molecule has 31 heavy (non-hydrogen) atoms. The van der Waals surface area contributed by atoms with Crippen LogP contribution in [0.3, 0.4) is 0 Å². The highest BCUT2D eigenvalue weighted by atomic mass is 16.4. The minimum absolute atomic E-state index is 0.0743. The number of hydrogen-bond acceptors (Lipinski definition) is 3. The molecule has 0 fully saturated rings. The van der Waals surface area contributed by atoms with Crippen LogP contribution in [0.4, 0.5) is 17.1 Å². The van der Waals surface area contributed by atoms with Crippen molar-refractivity contribution in [1.29, 1.82) is 0 Å². The van der Waals surface area contributed by atoms with Crippen molar-refractivity contribution in [2.75, 3.05) is 4.90 Å². The van der Waals surface area contributed by atoms with E-state index in [-0.39, 0.29) is 5.41 Å². The molecule has 0 aliphatic heterocycles. The second kappa shape index (κ2) is 7.42. The lowest BCUT2D eigenvalue weighted by atomic mass is 9.80. The first-order valence-electron chi connectivity index (χ1n) is 10.5. The second-order valence-electron chi connectivity index (χ2n) is 8.54. The van der Waals surface area contributed by atoms with Crippen LogP contribution in [0.1, 0.15) is 25.0 Å². The van der Waals surface area contributed by atoms with Gasteiger partial charge in [-0.2, -0.15) is 0 Å². The third kappa shape index (κ3) is 3.25. The van der Waals surface area contributed by atoms with E-state index in [9.17, 15) is 10.0 Å². The van der Waals surface area contributed by atoms with Gasteiger partial charge in [0.1, 0.15) is 0 Å². The molecule has 0 radical (unpaired) electrons. The van der Waals surface area contributed by atoms with Gasteiger partial charge in [-0.05, 0) is 64.1 Å². The molecule has 0 saturated carbocycles. The van der Waals surface area contributed by atoms with Crippen molar-refractivity contribution in [3.05, 3.63) is 108 Å². The molecular weight excluding hydrogens is 381 g/mol. The van der Waals surface area contributed by atoms with Gasteiger partial charge in [0.15, 0.2) is 0 Å². The maximum absolute atomic E-state index is 9.48. The van der Waals surface area contributed by atoms with Crippen LogP contribution in [0.25, 0.3) is 11.1 Å². The highest BCUT2D eigenvalue weighted by Crippen LogP contribution is 2.50. The number of anilines is 3. The largest absolute Gasteiger partial charge is 0.488 e. The molecule has 0 bridgehead atoms. The van der Waals surface area contributed by atoms with Gasteiger partial charge in [-0.25, -0.2) is 0 Å². The van der Waals surface area contributed by atoms with E-state index in [1.54, 1.807) is 12.1 Å². The zero-order valence-corrected chi connectivity index (χ0v) is 17.7. The Morgan fingerprint density at radius 2 is 1.19 bits per heavy atom. The van der Waals surface area contributed by atoms with E-state index in [1.165, 1.54) is 22.3 Å². The van der Waals surface area contributed by atoms with Crippen LogP contribution in [0.2, 0.25) is 0 Å². The number of rotatable bonds is 4. The Balaban J connectivity index is 1.66. The molecule has 4 heteroatoms. The zero-order valence-electron chi connectivity index (χ0n) is 17.7. The summed E-state index contributed by atoms with van der Waals surface area (Å²) in [5.41, 5.74) is 8.75. The van der Waals surface area contributed by atoms with Crippen LogP contribution in [0.15, 0.2) is 97.1 Å². The SMILES string of the molecule is CC1(C)c2ccccc2-c2ccc(N(c3ccccc3)c3ccc(B(O)O)cc3)cc21. The predicted octanol–water partition coefficient (Wildman–Crippen LogP) is 5.14. The lowest BCUT2D eigenvalue weighted by molar-refractivity contribution is 0.426. The summed E-state index contributed by atoms with van der Waals surface area (Å²) in [7, 11) is -1.47. The van der Waals surface area contributed by atoms with E-state index in [0.717, 1.165) is 17.1 Å². The molecule has 0 spiro atoms. The third-order valence-electron chi connectivity index (χ3n) is 6.29. The first kappa shape index (κ1) is 19.6. The quantitative estimate of drug-likeness (QED) is 0.462. The molecular formula is C27H24BNO2. The molecule has 3 nitrogen and oxygen atoms in total. The monoisotopic (exact) mass is 405 g/mol. The van der Waals surface area contributed by atoms with E-state index in [0.29, 0.717) is 5.46 Å².